The highest BCUT2D eigenvalue weighted by Gasteiger charge is 2.42. The lowest BCUT2D eigenvalue weighted by molar-refractivity contribution is 0.0448. The SMILES string of the molecule is CC(C)n1c(=O)c(C(=O)NC2C[C@H]3CC[C@H](C2)N3CC(O)CN(C)S(C)(=O)=O)cc2ccccc21. The first-order chi connectivity index (χ1) is 16.5. The molecule has 10 heteroatoms. The molecule has 2 bridgehead atoms. The normalized spacial score (nSPS) is 23.8. The summed E-state index contributed by atoms with van der Waals surface area (Å²) in [5.74, 6) is -0.345. The van der Waals surface area contributed by atoms with Crippen LogP contribution in [0.5, 0.6) is 0 Å². The number of carbonyl (C=O) groups excluding carboxylic acids is 1. The van der Waals surface area contributed by atoms with Gasteiger partial charge in [0.2, 0.25) is 10.0 Å². The number of nitrogens with zero attached hydrogens (tertiary/aromatic N) is 3. The van der Waals surface area contributed by atoms with Gasteiger partial charge in [-0.15, -0.1) is 0 Å². The Bertz CT molecular complexity index is 1240. The number of pyridine rings is 1. The fourth-order valence-electron chi connectivity index (χ4n) is 5.65. The van der Waals surface area contributed by atoms with Crippen LogP contribution in [0.1, 0.15) is 55.9 Å². The van der Waals surface area contributed by atoms with Crippen LogP contribution in [-0.4, -0.2) is 83.8 Å². The van der Waals surface area contributed by atoms with E-state index in [0.717, 1.165) is 42.8 Å². The third-order valence-electron chi connectivity index (χ3n) is 7.38. The number of hydrogen-bond donors (Lipinski definition) is 2. The van der Waals surface area contributed by atoms with Gasteiger partial charge in [-0.1, -0.05) is 18.2 Å². The van der Waals surface area contributed by atoms with Crippen molar-refractivity contribution < 1.29 is 18.3 Å². The number of nitrogens with one attached hydrogen (secondary N) is 1. The molecule has 2 aliphatic heterocycles. The molecule has 0 aliphatic carbocycles. The smallest absolute Gasteiger partial charge is 0.264 e. The van der Waals surface area contributed by atoms with Crippen molar-refractivity contribution in [2.24, 2.45) is 0 Å². The lowest BCUT2D eigenvalue weighted by Gasteiger charge is -2.40. The molecule has 1 aromatic carbocycles. The van der Waals surface area contributed by atoms with E-state index in [2.05, 4.69) is 10.2 Å². The number of aromatic nitrogens is 1. The van der Waals surface area contributed by atoms with Gasteiger partial charge in [-0.05, 0) is 57.0 Å². The van der Waals surface area contributed by atoms with E-state index >= 15 is 0 Å². The summed E-state index contributed by atoms with van der Waals surface area (Å²) in [5, 5.41) is 14.5. The number of para-hydroxylation sites is 1. The zero-order chi connectivity index (χ0) is 25.5. The fraction of sp³-hybridized carbons (Fsp3) is 0.600. The molecule has 35 heavy (non-hydrogen) atoms. The van der Waals surface area contributed by atoms with Gasteiger partial charge in [0, 0.05) is 44.3 Å². The third kappa shape index (κ3) is 5.45. The van der Waals surface area contributed by atoms with Gasteiger partial charge in [-0.25, -0.2) is 12.7 Å². The van der Waals surface area contributed by atoms with Crippen molar-refractivity contribution in [1.82, 2.24) is 19.1 Å². The number of likely N-dealkylation sites (N-methyl/N-ethyl adjacent to an activating group) is 1. The van der Waals surface area contributed by atoms with Crippen LogP contribution in [0.4, 0.5) is 0 Å². The molecule has 3 heterocycles. The highest BCUT2D eigenvalue weighted by Crippen LogP contribution is 2.36. The Kier molecular flexibility index (Phi) is 7.38. The molecule has 2 aromatic rings. The summed E-state index contributed by atoms with van der Waals surface area (Å²) in [6, 6.07) is 9.57. The molecule has 9 nitrogen and oxygen atoms in total. The number of benzene rings is 1. The number of rotatable bonds is 8. The van der Waals surface area contributed by atoms with Crippen LogP contribution in [0.2, 0.25) is 0 Å². The topological polar surface area (TPSA) is 112 Å². The zero-order valence-corrected chi connectivity index (χ0v) is 21.7. The van der Waals surface area contributed by atoms with Gasteiger partial charge < -0.3 is 15.0 Å². The van der Waals surface area contributed by atoms with Crippen LogP contribution in [0, 0.1) is 0 Å². The van der Waals surface area contributed by atoms with Crippen molar-refractivity contribution in [1.29, 1.82) is 0 Å². The number of carbonyl (C=O) groups is 1. The van der Waals surface area contributed by atoms with Gasteiger partial charge in [0.25, 0.3) is 11.5 Å². The van der Waals surface area contributed by atoms with E-state index in [0.29, 0.717) is 6.54 Å². The lowest BCUT2D eigenvalue weighted by atomic mass is 9.96. The predicted octanol–water partition coefficient (Wildman–Crippen LogP) is 1.56. The van der Waals surface area contributed by atoms with Crippen LogP contribution >= 0.6 is 0 Å². The van der Waals surface area contributed by atoms with E-state index in [1.165, 1.54) is 11.4 Å². The fourth-order valence-corrected chi connectivity index (χ4v) is 6.09. The summed E-state index contributed by atoms with van der Waals surface area (Å²) in [6.07, 6.45) is 3.77. The maximum Gasteiger partial charge on any atom is 0.264 e. The molecular formula is C25H36N4O5S. The molecule has 2 saturated heterocycles. The highest BCUT2D eigenvalue weighted by atomic mass is 32.2. The first-order valence-electron chi connectivity index (χ1n) is 12.3. The summed E-state index contributed by atoms with van der Waals surface area (Å²) in [5.41, 5.74) is 0.691. The number of piperidine rings is 1. The van der Waals surface area contributed by atoms with Crippen molar-refractivity contribution >= 4 is 26.8 Å². The maximum atomic E-state index is 13.2. The predicted molar refractivity (Wildman–Crippen MR) is 136 cm³/mol. The second kappa shape index (κ2) is 10.0. The summed E-state index contributed by atoms with van der Waals surface area (Å²) >= 11 is 0. The van der Waals surface area contributed by atoms with Crippen molar-refractivity contribution in [2.75, 3.05) is 26.4 Å². The maximum absolute atomic E-state index is 13.2. The van der Waals surface area contributed by atoms with E-state index in [1.54, 1.807) is 10.6 Å². The van der Waals surface area contributed by atoms with E-state index in [4.69, 9.17) is 0 Å². The number of fused-ring (bicyclic) bond motifs is 3. The molecule has 4 rings (SSSR count). The van der Waals surface area contributed by atoms with Gasteiger partial charge in [0.05, 0.1) is 17.9 Å². The van der Waals surface area contributed by atoms with Crippen molar-refractivity contribution in [3.8, 4) is 0 Å². The van der Waals surface area contributed by atoms with Crippen LogP contribution < -0.4 is 10.9 Å². The van der Waals surface area contributed by atoms with Crippen molar-refractivity contribution in [3.63, 3.8) is 0 Å². The molecule has 2 aliphatic rings. The number of aliphatic hydroxyl groups excluding tert-OH is 1. The number of aliphatic hydroxyl groups is 1. The minimum absolute atomic E-state index is 0.0505. The van der Waals surface area contributed by atoms with Crippen LogP contribution in [-0.2, 0) is 10.0 Å². The summed E-state index contributed by atoms with van der Waals surface area (Å²) in [6.45, 7) is 4.33. The first kappa shape index (κ1) is 25.8. The number of sulfonamides is 1. The average Bonchev–Trinajstić information content (AvgIpc) is 2.99. The van der Waals surface area contributed by atoms with Gasteiger partial charge >= 0.3 is 0 Å². The molecule has 192 valence electrons. The minimum atomic E-state index is -3.34. The van der Waals surface area contributed by atoms with E-state index in [1.807, 2.05) is 38.1 Å². The van der Waals surface area contributed by atoms with E-state index in [9.17, 15) is 23.1 Å². The Labute approximate surface area is 206 Å². The number of hydrogen-bond acceptors (Lipinski definition) is 6. The summed E-state index contributed by atoms with van der Waals surface area (Å²) in [4.78, 5) is 28.7. The van der Waals surface area contributed by atoms with Gasteiger partial charge in [0.1, 0.15) is 5.56 Å². The van der Waals surface area contributed by atoms with Gasteiger partial charge in [-0.3, -0.25) is 14.5 Å². The second-order valence-electron chi connectivity index (χ2n) is 10.3. The van der Waals surface area contributed by atoms with Gasteiger partial charge in [0.15, 0.2) is 0 Å². The van der Waals surface area contributed by atoms with E-state index < -0.39 is 16.1 Å². The molecule has 2 fully saturated rings. The van der Waals surface area contributed by atoms with Crippen molar-refractivity contribution in [2.45, 2.75) is 69.8 Å². The Morgan fingerprint density at radius 2 is 1.83 bits per heavy atom. The number of amides is 1. The van der Waals surface area contributed by atoms with E-state index in [-0.39, 0.29) is 47.7 Å². The monoisotopic (exact) mass is 504 g/mol. The molecule has 1 amide bonds. The molecule has 3 atom stereocenters. The summed E-state index contributed by atoms with van der Waals surface area (Å²) in [7, 11) is -1.88. The van der Waals surface area contributed by atoms with Crippen molar-refractivity contribution in [3.05, 3.63) is 46.2 Å². The Balaban J connectivity index is 1.44. The Morgan fingerprint density at radius 1 is 1.20 bits per heavy atom. The largest absolute Gasteiger partial charge is 0.390 e. The second-order valence-corrected chi connectivity index (χ2v) is 12.4. The minimum Gasteiger partial charge on any atom is -0.390 e. The molecule has 1 aromatic heterocycles. The Hall–Kier alpha value is -2.27. The first-order valence-corrected chi connectivity index (χ1v) is 14.1. The molecule has 0 spiro atoms. The molecule has 0 radical (unpaired) electrons. The lowest BCUT2D eigenvalue weighted by Crippen LogP contribution is -2.53. The molecule has 0 saturated carbocycles. The third-order valence-corrected chi connectivity index (χ3v) is 8.66. The van der Waals surface area contributed by atoms with Gasteiger partial charge in [-0.2, -0.15) is 0 Å². The average molecular weight is 505 g/mol. The quantitative estimate of drug-likeness (QED) is 0.564. The van der Waals surface area contributed by atoms with Crippen LogP contribution in [0.25, 0.3) is 10.9 Å². The molecule has 1 unspecified atom stereocenters. The Morgan fingerprint density at radius 3 is 2.43 bits per heavy atom. The molecule has 2 N–H and O–H groups in total. The highest BCUT2D eigenvalue weighted by molar-refractivity contribution is 7.88. The van der Waals surface area contributed by atoms with Crippen LogP contribution in [0.15, 0.2) is 35.1 Å². The van der Waals surface area contributed by atoms with Crippen LogP contribution in [0.3, 0.4) is 0 Å². The summed E-state index contributed by atoms with van der Waals surface area (Å²) < 4.78 is 26.1. The zero-order valence-electron chi connectivity index (χ0n) is 20.8. The standard InChI is InChI=1S/C25H36N4O5S/c1-16(2)29-23-8-6-5-7-17(23)11-22(25(29)32)24(31)26-18-12-19-9-10-20(13-18)28(19)15-21(30)14-27(3)35(4,33)34/h5-8,11,16,18-21,30H,9-10,12-15H2,1-4H3,(H,26,31)/t19-,20-,21?/m1/s1. The molecular weight excluding hydrogens is 468 g/mol.